The summed E-state index contributed by atoms with van der Waals surface area (Å²) in [6, 6.07) is 10.8. The molecule has 0 amide bonds. The van der Waals surface area contributed by atoms with Crippen molar-refractivity contribution in [3.63, 3.8) is 0 Å². The third kappa shape index (κ3) is 3.34. The van der Waals surface area contributed by atoms with Crippen molar-refractivity contribution < 1.29 is 23.7 Å². The van der Waals surface area contributed by atoms with Crippen LogP contribution in [0.4, 0.5) is 5.69 Å². The second-order valence-electron chi connectivity index (χ2n) is 9.18. The van der Waals surface area contributed by atoms with Crippen LogP contribution in [-0.4, -0.2) is 50.7 Å². The van der Waals surface area contributed by atoms with Gasteiger partial charge in [0.1, 0.15) is 12.4 Å². The number of benzene rings is 2. The number of rotatable bonds is 7. The van der Waals surface area contributed by atoms with Gasteiger partial charge in [-0.15, -0.1) is 0 Å². The van der Waals surface area contributed by atoms with E-state index in [1.807, 2.05) is 6.07 Å². The second kappa shape index (κ2) is 8.52. The summed E-state index contributed by atoms with van der Waals surface area (Å²) in [5, 5.41) is 0. The molecule has 8 nitrogen and oxygen atoms in total. The number of fused-ring (bicyclic) bond motifs is 5. The zero-order valence-corrected chi connectivity index (χ0v) is 20.3. The van der Waals surface area contributed by atoms with Crippen LogP contribution in [0.1, 0.15) is 37.3 Å². The van der Waals surface area contributed by atoms with Crippen molar-refractivity contribution in [2.75, 3.05) is 45.6 Å². The van der Waals surface area contributed by atoms with E-state index in [-0.39, 0.29) is 18.2 Å². The van der Waals surface area contributed by atoms with Gasteiger partial charge in [-0.05, 0) is 29.7 Å². The lowest BCUT2D eigenvalue weighted by Crippen LogP contribution is -2.36. The van der Waals surface area contributed by atoms with Gasteiger partial charge in [-0.1, -0.05) is 31.9 Å². The first-order valence-corrected chi connectivity index (χ1v) is 12.1. The number of hydrogen-bond acceptors (Lipinski definition) is 8. The molecule has 0 saturated heterocycles. The molecule has 35 heavy (non-hydrogen) atoms. The number of methoxy groups -OCH3 is 2. The van der Waals surface area contributed by atoms with E-state index in [1.54, 1.807) is 20.4 Å². The summed E-state index contributed by atoms with van der Waals surface area (Å²) in [6.07, 6.45) is 5.30. The first-order chi connectivity index (χ1) is 17.2. The molecule has 4 heterocycles. The molecule has 6 rings (SSSR count). The standard InChI is InChI=1S/C27H29N3O5/c1-4-5-6-10-30-14-27(15-33-21-12-23-22(11-19(21)27)34-16-35-23)24-17(8-7-9-20(24)30)18-13-28-26(32-3)29-25(18)31-2/h7-9,11-13H,4-6,10,14-16H2,1-3H3. The maximum Gasteiger partial charge on any atom is 0.319 e. The molecule has 0 aliphatic carbocycles. The highest BCUT2D eigenvalue weighted by atomic mass is 16.7. The van der Waals surface area contributed by atoms with Crippen LogP contribution >= 0.6 is 0 Å². The van der Waals surface area contributed by atoms with Gasteiger partial charge >= 0.3 is 6.01 Å². The zero-order valence-electron chi connectivity index (χ0n) is 20.3. The number of ether oxygens (including phenoxy) is 5. The van der Waals surface area contributed by atoms with Crippen molar-refractivity contribution in [2.24, 2.45) is 0 Å². The Balaban J connectivity index is 1.55. The second-order valence-corrected chi connectivity index (χ2v) is 9.18. The minimum atomic E-state index is -0.362. The lowest BCUT2D eigenvalue weighted by Gasteiger charge is -2.26. The van der Waals surface area contributed by atoms with E-state index in [4.69, 9.17) is 23.7 Å². The Morgan fingerprint density at radius 3 is 2.66 bits per heavy atom. The minimum absolute atomic E-state index is 0.233. The fourth-order valence-corrected chi connectivity index (χ4v) is 5.60. The van der Waals surface area contributed by atoms with Crippen LogP contribution in [0.2, 0.25) is 0 Å². The summed E-state index contributed by atoms with van der Waals surface area (Å²) >= 11 is 0. The maximum atomic E-state index is 6.33. The minimum Gasteiger partial charge on any atom is -0.492 e. The normalized spacial score (nSPS) is 19.0. The van der Waals surface area contributed by atoms with Crippen molar-refractivity contribution in [2.45, 2.75) is 31.6 Å². The Kier molecular flexibility index (Phi) is 5.31. The zero-order chi connectivity index (χ0) is 24.0. The predicted molar refractivity (Wildman–Crippen MR) is 131 cm³/mol. The van der Waals surface area contributed by atoms with Crippen LogP contribution in [0.5, 0.6) is 29.1 Å². The Morgan fingerprint density at radius 2 is 1.86 bits per heavy atom. The third-order valence-corrected chi connectivity index (χ3v) is 7.22. The molecular weight excluding hydrogens is 446 g/mol. The van der Waals surface area contributed by atoms with E-state index < -0.39 is 0 Å². The van der Waals surface area contributed by atoms with Crippen LogP contribution < -0.4 is 28.6 Å². The number of aromatic nitrogens is 2. The Morgan fingerprint density at radius 1 is 1.00 bits per heavy atom. The van der Waals surface area contributed by atoms with Crippen LogP contribution in [0.25, 0.3) is 11.1 Å². The van der Waals surface area contributed by atoms with Crippen LogP contribution in [0.15, 0.2) is 36.5 Å². The smallest absolute Gasteiger partial charge is 0.319 e. The summed E-state index contributed by atoms with van der Waals surface area (Å²) in [6.45, 7) is 4.82. The Hall–Kier alpha value is -3.68. The van der Waals surface area contributed by atoms with Crippen LogP contribution in [0, 0.1) is 0 Å². The molecule has 0 radical (unpaired) electrons. The maximum absolute atomic E-state index is 6.33. The topological polar surface area (TPSA) is 75.2 Å². The van der Waals surface area contributed by atoms with E-state index in [1.165, 1.54) is 24.1 Å². The summed E-state index contributed by atoms with van der Waals surface area (Å²) in [7, 11) is 3.17. The highest BCUT2D eigenvalue weighted by Gasteiger charge is 2.52. The highest BCUT2D eigenvalue weighted by molar-refractivity contribution is 5.84. The Bertz CT molecular complexity index is 1280. The number of unbranched alkanes of at least 4 members (excludes halogenated alkanes) is 2. The SMILES string of the molecule is CCCCCN1CC2(COc3cc4c(cc32)OCO4)c2c(-c3cnc(OC)nc3OC)cccc21. The van der Waals surface area contributed by atoms with E-state index in [0.29, 0.717) is 12.5 Å². The van der Waals surface area contributed by atoms with Gasteiger partial charge in [0.25, 0.3) is 0 Å². The molecule has 1 spiro atoms. The summed E-state index contributed by atoms with van der Waals surface area (Å²) < 4.78 is 28.6. The number of hydrogen-bond donors (Lipinski definition) is 0. The molecule has 0 N–H and O–H groups in total. The lowest BCUT2D eigenvalue weighted by atomic mass is 9.75. The number of nitrogens with zero attached hydrogens (tertiary/aromatic N) is 3. The van der Waals surface area contributed by atoms with Crippen molar-refractivity contribution >= 4 is 5.69 Å². The highest BCUT2D eigenvalue weighted by Crippen LogP contribution is 2.57. The molecule has 1 atom stereocenters. The predicted octanol–water partition coefficient (Wildman–Crippen LogP) is 4.58. The monoisotopic (exact) mass is 475 g/mol. The third-order valence-electron chi connectivity index (χ3n) is 7.22. The fourth-order valence-electron chi connectivity index (χ4n) is 5.60. The van der Waals surface area contributed by atoms with Gasteiger partial charge in [-0.25, -0.2) is 4.98 Å². The molecule has 8 heteroatoms. The van der Waals surface area contributed by atoms with Gasteiger partial charge in [0.15, 0.2) is 11.5 Å². The van der Waals surface area contributed by atoms with Gasteiger partial charge < -0.3 is 28.6 Å². The molecule has 182 valence electrons. The van der Waals surface area contributed by atoms with E-state index in [0.717, 1.165) is 53.4 Å². The molecule has 2 aromatic carbocycles. The number of anilines is 1. The molecule has 0 bridgehead atoms. The van der Waals surface area contributed by atoms with Crippen LogP contribution in [-0.2, 0) is 5.41 Å². The molecule has 0 saturated carbocycles. The molecular formula is C27H29N3O5. The average Bonchev–Trinajstić information content (AvgIpc) is 3.59. The largest absolute Gasteiger partial charge is 0.492 e. The van der Waals surface area contributed by atoms with Crippen molar-refractivity contribution in [3.05, 3.63) is 47.7 Å². The van der Waals surface area contributed by atoms with Gasteiger partial charge in [0.05, 0.1) is 25.2 Å². The summed E-state index contributed by atoms with van der Waals surface area (Å²) in [4.78, 5) is 11.4. The van der Waals surface area contributed by atoms with Crippen molar-refractivity contribution in [3.8, 4) is 40.3 Å². The summed E-state index contributed by atoms with van der Waals surface area (Å²) in [5.41, 5.74) is 5.05. The first-order valence-electron chi connectivity index (χ1n) is 12.1. The van der Waals surface area contributed by atoms with Crippen LogP contribution in [0.3, 0.4) is 0 Å². The quantitative estimate of drug-likeness (QED) is 0.460. The van der Waals surface area contributed by atoms with E-state index >= 15 is 0 Å². The van der Waals surface area contributed by atoms with E-state index in [9.17, 15) is 0 Å². The molecule has 1 aromatic heterocycles. The van der Waals surface area contributed by atoms with Gasteiger partial charge in [0.2, 0.25) is 12.7 Å². The summed E-state index contributed by atoms with van der Waals surface area (Å²) in [5.74, 6) is 2.83. The van der Waals surface area contributed by atoms with E-state index in [2.05, 4.69) is 46.1 Å². The molecule has 3 aromatic rings. The van der Waals surface area contributed by atoms with Crippen molar-refractivity contribution in [1.29, 1.82) is 0 Å². The van der Waals surface area contributed by atoms with Gasteiger partial charge in [0, 0.05) is 36.6 Å². The lowest BCUT2D eigenvalue weighted by molar-refractivity contribution is 0.173. The van der Waals surface area contributed by atoms with Gasteiger partial charge in [-0.2, -0.15) is 4.98 Å². The molecule has 0 fully saturated rings. The first kappa shape index (κ1) is 21.8. The molecule has 1 unspecified atom stereocenters. The van der Waals surface area contributed by atoms with Crippen molar-refractivity contribution in [1.82, 2.24) is 9.97 Å². The fraction of sp³-hybridized carbons (Fsp3) is 0.407. The average molecular weight is 476 g/mol. The van der Waals surface area contributed by atoms with Gasteiger partial charge in [-0.3, -0.25) is 0 Å². The Labute approximate surface area is 204 Å². The molecule has 3 aliphatic heterocycles. The molecule has 3 aliphatic rings.